The van der Waals surface area contributed by atoms with Gasteiger partial charge < -0.3 is 5.11 Å². The van der Waals surface area contributed by atoms with Crippen LogP contribution in [0, 0.1) is 11.5 Å². The SMILES string of the molecule is C/C(O)=C/C(=O)C(C)(C)C.C[Si]1(C)c2cccc3c2-c2c1ccnc2-c1[c-]c2ccccc2cc1[Se]3.[Ir]. The first-order valence-corrected chi connectivity index (χ1v) is 16.9. The molecule has 1 radical (unpaired) electrons. The molecule has 0 saturated carbocycles. The quantitative estimate of drug-likeness (QED) is 0.119. The molecule has 37 heavy (non-hydrogen) atoms. The maximum absolute atomic E-state index is 11.0. The van der Waals surface area contributed by atoms with Crippen LogP contribution in [-0.4, -0.2) is 38.9 Å². The third-order valence-electron chi connectivity index (χ3n) is 6.86. The Kier molecular flexibility index (Phi) is 7.55. The summed E-state index contributed by atoms with van der Waals surface area (Å²) in [6.45, 7) is 11.9. The molecule has 1 aromatic heterocycles. The van der Waals surface area contributed by atoms with Gasteiger partial charge in [-0.1, -0.05) is 20.8 Å². The Morgan fingerprint density at radius 3 is 2.38 bits per heavy atom. The third-order valence-corrected chi connectivity index (χ3v) is 12.7. The molecule has 3 nitrogen and oxygen atoms in total. The molecule has 0 atom stereocenters. The minimum Gasteiger partial charge on any atom is 0 e. The molecule has 6 heteroatoms. The van der Waals surface area contributed by atoms with Crippen LogP contribution < -0.4 is 19.3 Å². The van der Waals surface area contributed by atoms with Crippen molar-refractivity contribution in [3.63, 3.8) is 0 Å². The number of carbonyl (C=O) groups excluding carboxylic acids is 1. The van der Waals surface area contributed by atoms with Crippen LogP contribution >= 0.6 is 0 Å². The maximum atomic E-state index is 11.0. The number of aliphatic hydroxyl groups excluding tert-OH is 1. The number of aromatic nitrogens is 1. The van der Waals surface area contributed by atoms with Crippen molar-refractivity contribution in [2.75, 3.05) is 0 Å². The van der Waals surface area contributed by atoms with E-state index in [-0.39, 0.29) is 52.0 Å². The zero-order valence-corrected chi connectivity index (χ0v) is 27.0. The van der Waals surface area contributed by atoms with Crippen molar-refractivity contribution in [2.24, 2.45) is 5.41 Å². The second kappa shape index (κ2) is 10.1. The zero-order valence-electron chi connectivity index (χ0n) is 21.9. The Balaban J connectivity index is 0.000000252. The molecule has 0 fully saturated rings. The van der Waals surface area contributed by atoms with Crippen molar-refractivity contribution < 1.29 is 30.0 Å². The van der Waals surface area contributed by atoms with Crippen LogP contribution in [0.5, 0.6) is 0 Å². The van der Waals surface area contributed by atoms with Gasteiger partial charge in [-0.3, -0.25) is 4.79 Å². The standard InChI is InChI=1S/C23H16NSeSi.C8H14O2.Ir/c1-26(2)19-9-5-8-17-21(19)22-20(26)10-11-24-23(22)16-12-14-6-3-4-7-15(14)13-18(16)25-17;1-6(9)5-7(10)8(2,3)4;/h3-11,13H,1-2H3;5,9H,1-4H3;/q-1;;/b;6-5-;. The van der Waals surface area contributed by atoms with E-state index in [1.165, 1.54) is 54.6 Å². The first-order chi connectivity index (χ1) is 17.0. The Morgan fingerprint density at radius 1 is 1.00 bits per heavy atom. The number of carbonyl (C=O) groups is 1. The van der Waals surface area contributed by atoms with Gasteiger partial charge in [0.05, 0.1) is 5.76 Å². The van der Waals surface area contributed by atoms with E-state index in [1.54, 1.807) is 5.19 Å². The van der Waals surface area contributed by atoms with Crippen molar-refractivity contribution in [3.05, 3.63) is 78.7 Å². The van der Waals surface area contributed by atoms with Crippen LogP contribution in [0.2, 0.25) is 13.1 Å². The molecular weight excluding hydrogens is 718 g/mol. The van der Waals surface area contributed by atoms with Gasteiger partial charge in [0.1, 0.15) is 0 Å². The number of allylic oxidation sites excluding steroid dienone is 2. The van der Waals surface area contributed by atoms with E-state index in [0.29, 0.717) is 0 Å². The fourth-order valence-corrected chi connectivity index (χ4v) is 10.5. The summed E-state index contributed by atoms with van der Waals surface area (Å²) in [5, 5.41) is 14.3. The number of fused-ring (bicyclic) bond motifs is 3. The number of hydrogen-bond acceptors (Lipinski definition) is 3. The van der Waals surface area contributed by atoms with E-state index < -0.39 is 8.07 Å². The van der Waals surface area contributed by atoms with E-state index in [2.05, 4.69) is 73.8 Å². The third kappa shape index (κ3) is 4.94. The number of benzene rings is 3. The minimum absolute atomic E-state index is 0. The molecule has 2 aliphatic heterocycles. The molecule has 2 aliphatic rings. The predicted octanol–water partition coefficient (Wildman–Crippen LogP) is 4.53. The van der Waals surface area contributed by atoms with Crippen molar-refractivity contribution in [2.45, 2.75) is 40.8 Å². The summed E-state index contributed by atoms with van der Waals surface area (Å²) in [6, 6.07) is 23.9. The van der Waals surface area contributed by atoms with Crippen molar-refractivity contribution >= 4 is 58.9 Å². The van der Waals surface area contributed by atoms with E-state index in [0.717, 1.165) is 5.69 Å². The van der Waals surface area contributed by atoms with Crippen LogP contribution in [0.3, 0.4) is 0 Å². The van der Waals surface area contributed by atoms with E-state index in [4.69, 9.17) is 10.1 Å². The number of aliphatic hydroxyl groups is 1. The Morgan fingerprint density at radius 2 is 1.70 bits per heavy atom. The van der Waals surface area contributed by atoms with Gasteiger partial charge in [0, 0.05) is 31.6 Å². The topological polar surface area (TPSA) is 50.2 Å². The molecule has 4 aromatic rings. The van der Waals surface area contributed by atoms with E-state index in [1.807, 2.05) is 27.0 Å². The minimum atomic E-state index is -1.65. The Hall–Kier alpha value is -2.33. The summed E-state index contributed by atoms with van der Waals surface area (Å²) >= 11 is 0.272. The molecular formula is C31H30IrNO2SeSi-. The first-order valence-electron chi connectivity index (χ1n) is 12.2. The summed E-state index contributed by atoms with van der Waals surface area (Å²) < 4.78 is 2.91. The summed E-state index contributed by atoms with van der Waals surface area (Å²) in [5.41, 5.74) is 4.88. The zero-order chi connectivity index (χ0) is 25.8. The van der Waals surface area contributed by atoms with Crippen LogP contribution in [-0.2, 0) is 24.9 Å². The van der Waals surface area contributed by atoms with Crippen molar-refractivity contribution in [3.8, 4) is 22.4 Å². The van der Waals surface area contributed by atoms with Crippen molar-refractivity contribution in [1.82, 2.24) is 4.98 Å². The van der Waals surface area contributed by atoms with Gasteiger partial charge in [-0.25, -0.2) is 0 Å². The number of rotatable bonds is 1. The Labute approximate surface area is 239 Å². The van der Waals surface area contributed by atoms with Crippen LogP contribution in [0.4, 0.5) is 0 Å². The van der Waals surface area contributed by atoms with Crippen LogP contribution in [0.25, 0.3) is 33.2 Å². The molecule has 0 unspecified atom stereocenters. The summed E-state index contributed by atoms with van der Waals surface area (Å²) in [4.78, 5) is 15.9. The van der Waals surface area contributed by atoms with Crippen LogP contribution in [0.15, 0.2) is 72.6 Å². The van der Waals surface area contributed by atoms with E-state index >= 15 is 0 Å². The number of pyridine rings is 1. The maximum Gasteiger partial charge on any atom is 0 e. The molecule has 6 rings (SSSR count). The average Bonchev–Trinajstić information content (AvgIpc) is 2.97. The second-order valence-electron chi connectivity index (χ2n) is 11.0. The monoisotopic (exact) mass is 749 g/mol. The van der Waals surface area contributed by atoms with Crippen LogP contribution in [0.1, 0.15) is 27.7 Å². The second-order valence-corrected chi connectivity index (χ2v) is 17.6. The Bertz CT molecular complexity index is 1570. The van der Waals surface area contributed by atoms with Gasteiger partial charge >= 0.3 is 160 Å². The fourth-order valence-electron chi connectivity index (χ4n) is 4.89. The van der Waals surface area contributed by atoms with Crippen molar-refractivity contribution in [1.29, 1.82) is 0 Å². The number of nitrogens with zero attached hydrogens (tertiary/aromatic N) is 1. The molecule has 191 valence electrons. The first kappa shape index (κ1) is 27.7. The molecule has 0 amide bonds. The molecule has 3 heterocycles. The fraction of sp³-hybridized carbons (Fsp3) is 0.226. The molecule has 0 spiro atoms. The number of hydrogen-bond donors (Lipinski definition) is 1. The molecule has 0 aliphatic carbocycles. The van der Waals surface area contributed by atoms with Gasteiger partial charge in [0.25, 0.3) is 0 Å². The van der Waals surface area contributed by atoms with Gasteiger partial charge in [0.2, 0.25) is 0 Å². The average molecular weight is 748 g/mol. The smallest absolute Gasteiger partial charge is 0 e. The van der Waals surface area contributed by atoms with E-state index in [9.17, 15) is 4.79 Å². The summed E-state index contributed by atoms with van der Waals surface area (Å²) in [7, 11) is -1.65. The summed E-state index contributed by atoms with van der Waals surface area (Å²) in [6.07, 6.45) is 3.26. The molecule has 0 saturated heterocycles. The van der Waals surface area contributed by atoms with Gasteiger partial charge in [-0.05, 0) is 6.92 Å². The largest absolute Gasteiger partial charge is 0 e. The number of ketones is 1. The predicted molar refractivity (Wildman–Crippen MR) is 154 cm³/mol. The molecule has 0 bridgehead atoms. The van der Waals surface area contributed by atoms with Gasteiger partial charge in [-0.2, -0.15) is 0 Å². The summed E-state index contributed by atoms with van der Waals surface area (Å²) in [5.74, 6) is 0.0208. The molecule has 1 N–H and O–H groups in total. The molecule has 3 aromatic carbocycles. The van der Waals surface area contributed by atoms with Gasteiger partial charge in [-0.15, -0.1) is 0 Å². The van der Waals surface area contributed by atoms with Gasteiger partial charge in [0.15, 0.2) is 5.78 Å². The normalized spacial score (nSPS) is 14.5.